The molecule has 0 radical (unpaired) electrons. The smallest absolute Gasteiger partial charge is 0.138 e. The molecule has 0 aromatic carbocycles. The second kappa shape index (κ2) is 8.49. The van der Waals surface area contributed by atoms with E-state index < -0.39 is 0 Å². The van der Waals surface area contributed by atoms with Crippen molar-refractivity contribution >= 4 is 21.9 Å². The van der Waals surface area contributed by atoms with E-state index in [1.165, 1.54) is 0 Å². The molecule has 0 fully saturated rings. The highest BCUT2D eigenvalue weighted by atomic mass is 15.1. The van der Waals surface area contributed by atoms with E-state index >= 15 is 0 Å². The van der Waals surface area contributed by atoms with Gasteiger partial charge in [0.15, 0.2) is 0 Å². The van der Waals surface area contributed by atoms with Gasteiger partial charge >= 0.3 is 0 Å². The molecule has 166 valence electrons. The van der Waals surface area contributed by atoms with Crippen LogP contribution in [0.25, 0.3) is 55.7 Å². The molecule has 8 heteroatoms. The van der Waals surface area contributed by atoms with Gasteiger partial charge in [-0.05, 0) is 48.0 Å². The Morgan fingerprint density at radius 2 is 1.82 bits per heavy atom. The summed E-state index contributed by atoms with van der Waals surface area (Å²) in [6, 6.07) is 12.3. The minimum Gasteiger partial charge on any atom is -0.338 e. The molecule has 0 aliphatic carbocycles. The normalized spacial score (nSPS) is 11.4. The predicted molar refractivity (Wildman–Crippen MR) is 133 cm³/mol. The third-order valence-electron chi connectivity index (χ3n) is 5.88. The van der Waals surface area contributed by atoms with Gasteiger partial charge in [0.25, 0.3) is 0 Å². The third kappa shape index (κ3) is 3.60. The first-order valence-corrected chi connectivity index (χ1v) is 11.2. The molecule has 34 heavy (non-hydrogen) atoms. The molecule has 6 aromatic heterocycles. The van der Waals surface area contributed by atoms with Gasteiger partial charge in [-0.1, -0.05) is 13.0 Å². The monoisotopic (exact) mass is 446 g/mol. The Hall–Kier alpha value is -4.43. The molecule has 0 aliphatic heterocycles. The Bertz CT molecular complexity index is 1600. The maximum Gasteiger partial charge on any atom is 0.138 e. The summed E-state index contributed by atoms with van der Waals surface area (Å²) in [6.45, 7) is 3.78. The van der Waals surface area contributed by atoms with Gasteiger partial charge in [0.2, 0.25) is 0 Å². The van der Waals surface area contributed by atoms with Crippen molar-refractivity contribution in [3.05, 3.63) is 79.1 Å². The summed E-state index contributed by atoms with van der Waals surface area (Å²) in [5, 5.41) is 13.0. The molecule has 0 aliphatic rings. The number of pyridine rings is 4. The van der Waals surface area contributed by atoms with E-state index in [1.54, 1.807) is 6.20 Å². The maximum absolute atomic E-state index is 4.64. The van der Waals surface area contributed by atoms with Gasteiger partial charge in [-0.2, -0.15) is 5.10 Å². The van der Waals surface area contributed by atoms with Crippen molar-refractivity contribution in [2.24, 2.45) is 0 Å². The molecule has 0 bridgehead atoms. The number of rotatable bonds is 6. The molecule has 0 saturated carbocycles. The van der Waals surface area contributed by atoms with Crippen molar-refractivity contribution in [3.8, 4) is 33.8 Å². The fourth-order valence-electron chi connectivity index (χ4n) is 4.20. The summed E-state index contributed by atoms with van der Waals surface area (Å²) in [5.74, 6) is 0. The van der Waals surface area contributed by atoms with Crippen LogP contribution in [0.1, 0.15) is 12.5 Å². The van der Waals surface area contributed by atoms with E-state index in [4.69, 9.17) is 0 Å². The van der Waals surface area contributed by atoms with Crippen LogP contribution < -0.4 is 5.32 Å². The number of H-pyrrole nitrogens is 2. The Morgan fingerprint density at radius 1 is 0.882 bits per heavy atom. The van der Waals surface area contributed by atoms with Crippen LogP contribution in [0.3, 0.4) is 0 Å². The van der Waals surface area contributed by atoms with Crippen molar-refractivity contribution in [1.29, 1.82) is 0 Å². The minimum absolute atomic E-state index is 0.776. The summed E-state index contributed by atoms with van der Waals surface area (Å²) in [5.41, 5.74) is 8.46. The average molecular weight is 447 g/mol. The van der Waals surface area contributed by atoms with Crippen molar-refractivity contribution in [1.82, 2.24) is 40.4 Å². The number of nitrogens with zero attached hydrogens (tertiary/aromatic N) is 5. The van der Waals surface area contributed by atoms with Crippen LogP contribution in [0.2, 0.25) is 0 Å². The molecule has 0 saturated heterocycles. The van der Waals surface area contributed by atoms with Crippen molar-refractivity contribution in [2.45, 2.75) is 13.5 Å². The summed E-state index contributed by atoms with van der Waals surface area (Å²) < 4.78 is 0. The highest BCUT2D eigenvalue weighted by molar-refractivity contribution is 6.00. The number of nitrogens with one attached hydrogen (secondary N) is 3. The Balaban J connectivity index is 1.44. The van der Waals surface area contributed by atoms with Gasteiger partial charge in [-0.25, -0.2) is 4.98 Å². The van der Waals surface area contributed by atoms with Crippen LogP contribution in [-0.2, 0) is 6.54 Å². The number of fused-ring (bicyclic) bond motifs is 2. The molecule has 8 nitrogen and oxygen atoms in total. The van der Waals surface area contributed by atoms with Crippen LogP contribution in [0.5, 0.6) is 0 Å². The van der Waals surface area contributed by atoms with Crippen molar-refractivity contribution in [2.75, 3.05) is 6.54 Å². The quantitative estimate of drug-likeness (QED) is 0.341. The summed E-state index contributed by atoms with van der Waals surface area (Å²) in [6.07, 6.45) is 11.0. The molecule has 0 unspecified atom stereocenters. The zero-order chi connectivity index (χ0) is 22.9. The largest absolute Gasteiger partial charge is 0.338 e. The van der Waals surface area contributed by atoms with Crippen LogP contribution >= 0.6 is 0 Å². The molecule has 0 spiro atoms. The maximum atomic E-state index is 4.64. The average Bonchev–Trinajstić information content (AvgIpc) is 3.51. The second-order valence-corrected chi connectivity index (χ2v) is 8.10. The first-order valence-electron chi connectivity index (χ1n) is 11.2. The molecular weight excluding hydrogens is 424 g/mol. The lowest BCUT2D eigenvalue weighted by molar-refractivity contribution is 0.724. The van der Waals surface area contributed by atoms with Crippen LogP contribution in [0.15, 0.2) is 73.6 Å². The first kappa shape index (κ1) is 20.2. The summed E-state index contributed by atoms with van der Waals surface area (Å²) in [4.78, 5) is 21.3. The molecule has 6 aromatic rings. The molecule has 6 heterocycles. The lowest BCUT2D eigenvalue weighted by atomic mass is 10.1. The Labute approximate surface area is 195 Å². The minimum atomic E-state index is 0.776. The Kier molecular flexibility index (Phi) is 5.04. The van der Waals surface area contributed by atoms with Gasteiger partial charge < -0.3 is 10.3 Å². The topological polar surface area (TPSA) is 108 Å². The second-order valence-electron chi connectivity index (χ2n) is 8.10. The fourth-order valence-corrected chi connectivity index (χ4v) is 4.20. The van der Waals surface area contributed by atoms with E-state index in [0.29, 0.717) is 0 Å². The summed E-state index contributed by atoms with van der Waals surface area (Å²) in [7, 11) is 0. The van der Waals surface area contributed by atoms with E-state index in [0.717, 1.165) is 74.4 Å². The molecule has 6 rings (SSSR count). The molecule has 3 N–H and O–H groups in total. The number of aromatic amines is 2. The van der Waals surface area contributed by atoms with E-state index in [9.17, 15) is 0 Å². The number of aromatic nitrogens is 7. The molecule has 0 amide bonds. The zero-order valence-corrected chi connectivity index (χ0v) is 18.6. The number of hydrogen-bond acceptors (Lipinski definition) is 6. The third-order valence-corrected chi connectivity index (χ3v) is 5.88. The molecular formula is C26H22N8. The lowest BCUT2D eigenvalue weighted by Gasteiger charge is -2.05. The SMILES string of the molecule is CCNCc1cncc(-c2cc3c(-c4cc5c(-c6cccnc6)ccnc5[nH]4)n[nH]c3cn2)c1. The van der Waals surface area contributed by atoms with Gasteiger partial charge in [0, 0.05) is 59.4 Å². The summed E-state index contributed by atoms with van der Waals surface area (Å²) >= 11 is 0. The zero-order valence-electron chi connectivity index (χ0n) is 18.6. The van der Waals surface area contributed by atoms with Crippen LogP contribution in [0, 0.1) is 0 Å². The van der Waals surface area contributed by atoms with Crippen LogP contribution in [-0.4, -0.2) is 41.7 Å². The fraction of sp³-hybridized carbons (Fsp3) is 0.115. The highest BCUT2D eigenvalue weighted by Gasteiger charge is 2.15. The van der Waals surface area contributed by atoms with Gasteiger partial charge in [-0.15, -0.1) is 0 Å². The van der Waals surface area contributed by atoms with Crippen molar-refractivity contribution < 1.29 is 0 Å². The van der Waals surface area contributed by atoms with Gasteiger partial charge in [-0.3, -0.25) is 20.1 Å². The predicted octanol–water partition coefficient (Wildman–Crippen LogP) is 4.73. The van der Waals surface area contributed by atoms with Crippen molar-refractivity contribution in [3.63, 3.8) is 0 Å². The van der Waals surface area contributed by atoms with Gasteiger partial charge in [0.1, 0.15) is 11.3 Å². The highest BCUT2D eigenvalue weighted by Crippen LogP contribution is 2.33. The number of hydrogen-bond donors (Lipinski definition) is 3. The standard InChI is InChI=1S/C26H22N8/c1-2-27-11-16-8-18(14-29-12-16)22-10-21-24(15-31-22)33-34-25(21)23-9-20-19(5-7-30-26(20)32-23)17-4-3-6-28-13-17/h3-10,12-15,27H,2,11H2,1H3,(H,30,32)(H,33,34). The Morgan fingerprint density at radius 3 is 2.71 bits per heavy atom. The first-order chi connectivity index (χ1) is 16.8. The van der Waals surface area contributed by atoms with E-state index in [-0.39, 0.29) is 0 Å². The van der Waals surface area contributed by atoms with Gasteiger partial charge in [0.05, 0.1) is 23.1 Å². The molecule has 0 atom stereocenters. The van der Waals surface area contributed by atoms with E-state index in [1.807, 2.05) is 43.1 Å². The lowest BCUT2D eigenvalue weighted by Crippen LogP contribution is -2.11. The van der Waals surface area contributed by atoms with E-state index in [2.05, 4.69) is 71.6 Å². The van der Waals surface area contributed by atoms with Crippen LogP contribution in [0.4, 0.5) is 0 Å².